The van der Waals surface area contributed by atoms with Gasteiger partial charge in [0.15, 0.2) is 17.4 Å². The molecule has 2 aliphatic heterocycles. The first-order chi connectivity index (χ1) is 16.5. The van der Waals surface area contributed by atoms with Crippen molar-refractivity contribution in [3.63, 3.8) is 0 Å². The van der Waals surface area contributed by atoms with Gasteiger partial charge in [0.25, 0.3) is 0 Å². The van der Waals surface area contributed by atoms with E-state index >= 15 is 0 Å². The fourth-order valence-electron chi connectivity index (χ4n) is 5.23. The Hall–Kier alpha value is -2.64. The molecular weight excluding hydrogens is 435 g/mol. The Bertz CT molecular complexity index is 998. The molecule has 3 fully saturated rings. The highest BCUT2D eigenvalue weighted by molar-refractivity contribution is 5.79. The third kappa shape index (κ3) is 5.20. The summed E-state index contributed by atoms with van der Waals surface area (Å²) in [5, 5.41) is 4.08. The molecule has 1 aromatic heterocycles. The molecule has 0 radical (unpaired) electrons. The van der Waals surface area contributed by atoms with Crippen molar-refractivity contribution >= 4 is 11.9 Å². The second kappa shape index (κ2) is 9.92. The van der Waals surface area contributed by atoms with Gasteiger partial charge in [0, 0.05) is 32.1 Å². The van der Waals surface area contributed by atoms with E-state index in [0.29, 0.717) is 24.1 Å². The third-order valence-electron chi connectivity index (χ3n) is 7.65. The Morgan fingerprint density at radius 1 is 1.24 bits per heavy atom. The monoisotopic (exact) mass is 470 g/mol. The predicted octanol–water partition coefficient (Wildman–Crippen LogP) is 4.43. The number of carbonyl (C=O) groups is 1. The number of benzene rings is 1. The molecule has 1 saturated carbocycles. The summed E-state index contributed by atoms with van der Waals surface area (Å²) in [6, 6.07) is 5.56. The van der Waals surface area contributed by atoms with Crippen molar-refractivity contribution < 1.29 is 18.4 Å². The van der Waals surface area contributed by atoms with Crippen LogP contribution in [0.1, 0.15) is 63.3 Å². The minimum absolute atomic E-state index is 0.0716. The Morgan fingerprint density at radius 2 is 2.03 bits per heavy atom. The number of carbonyl (C=O) groups excluding carboxylic acids is 1. The van der Waals surface area contributed by atoms with Crippen molar-refractivity contribution in [1.29, 1.82) is 0 Å². The Labute approximate surface area is 200 Å². The van der Waals surface area contributed by atoms with Gasteiger partial charge in [-0.3, -0.25) is 4.79 Å². The van der Waals surface area contributed by atoms with Crippen molar-refractivity contribution in [3.05, 3.63) is 35.4 Å². The predicted molar refractivity (Wildman–Crippen MR) is 126 cm³/mol. The lowest BCUT2D eigenvalue weighted by molar-refractivity contribution is -0.133. The summed E-state index contributed by atoms with van der Waals surface area (Å²) < 4.78 is 25.7. The molecule has 1 aromatic carbocycles. The highest BCUT2D eigenvalue weighted by Gasteiger charge is 2.43. The average molecular weight is 471 g/mol. The number of halogens is 1. The summed E-state index contributed by atoms with van der Waals surface area (Å²) in [5.41, 5.74) is 0.705. The fourth-order valence-corrected chi connectivity index (χ4v) is 5.23. The van der Waals surface area contributed by atoms with Crippen molar-refractivity contribution in [2.45, 2.75) is 58.3 Å². The average Bonchev–Trinajstić information content (AvgIpc) is 3.36. The lowest BCUT2D eigenvalue weighted by Gasteiger charge is -2.31. The van der Waals surface area contributed by atoms with E-state index in [0.717, 1.165) is 69.5 Å². The molecule has 2 atom stereocenters. The van der Waals surface area contributed by atoms with Crippen molar-refractivity contribution in [2.75, 3.05) is 37.7 Å². The summed E-state index contributed by atoms with van der Waals surface area (Å²) >= 11 is 0. The number of likely N-dealkylation sites (tertiary alicyclic amines) is 1. The maximum absolute atomic E-state index is 14.5. The first-order valence-electron chi connectivity index (χ1n) is 12.8. The van der Waals surface area contributed by atoms with Gasteiger partial charge < -0.3 is 19.1 Å². The molecule has 5 rings (SSSR count). The molecule has 0 unspecified atom stereocenters. The van der Waals surface area contributed by atoms with E-state index in [1.165, 1.54) is 12.5 Å². The molecule has 7 nitrogen and oxygen atoms in total. The van der Waals surface area contributed by atoms with Gasteiger partial charge in [-0.25, -0.2) is 4.39 Å². The summed E-state index contributed by atoms with van der Waals surface area (Å²) in [6.45, 7) is 8.23. The van der Waals surface area contributed by atoms with Crippen LogP contribution in [0.3, 0.4) is 0 Å². The first-order valence-corrected chi connectivity index (χ1v) is 12.8. The van der Waals surface area contributed by atoms with Crippen LogP contribution in [0.15, 0.2) is 22.7 Å². The minimum Gasteiger partial charge on any atom is -0.491 e. The second-order valence-electron chi connectivity index (χ2n) is 10.4. The standard InChI is InChI=1S/C26H35FN4O3/c1-17(2)25-28-26(34-29-25)31-11-6-19(7-12-31)21-16-20(21)8-13-33-23-5-4-18(14-22(23)27)15-24(32)30-9-3-10-30/h4-5,14,17,19-21H,3,6-13,15-16H2,1-2H3/t20-,21+/m1/s1. The lowest BCUT2D eigenvalue weighted by atomic mass is 9.90. The van der Waals surface area contributed by atoms with Gasteiger partial charge in [0.05, 0.1) is 13.0 Å². The molecule has 2 aromatic rings. The maximum atomic E-state index is 14.5. The van der Waals surface area contributed by atoms with Crippen LogP contribution >= 0.6 is 0 Å². The van der Waals surface area contributed by atoms with Crippen molar-refractivity contribution in [3.8, 4) is 5.75 Å². The summed E-state index contributed by atoms with van der Waals surface area (Å²) in [7, 11) is 0. The van der Waals surface area contributed by atoms with E-state index in [1.54, 1.807) is 12.1 Å². The van der Waals surface area contributed by atoms with E-state index in [9.17, 15) is 9.18 Å². The summed E-state index contributed by atoms with van der Waals surface area (Å²) in [6.07, 6.45) is 5.81. The lowest BCUT2D eigenvalue weighted by Crippen LogP contribution is -2.42. The smallest absolute Gasteiger partial charge is 0.324 e. The first kappa shape index (κ1) is 23.1. The number of piperidine rings is 1. The van der Waals surface area contributed by atoms with Crippen LogP contribution in [0.4, 0.5) is 10.4 Å². The van der Waals surface area contributed by atoms with E-state index in [-0.39, 0.29) is 29.8 Å². The normalized spacial score (nSPS) is 22.7. The summed E-state index contributed by atoms with van der Waals surface area (Å²) in [5.74, 6) is 3.17. The number of aromatic nitrogens is 2. The van der Waals surface area contributed by atoms with Gasteiger partial charge in [-0.15, -0.1) is 0 Å². The number of hydrogen-bond donors (Lipinski definition) is 0. The van der Waals surface area contributed by atoms with Gasteiger partial charge in [-0.1, -0.05) is 25.1 Å². The Kier molecular flexibility index (Phi) is 6.75. The topological polar surface area (TPSA) is 71.7 Å². The summed E-state index contributed by atoms with van der Waals surface area (Å²) in [4.78, 5) is 20.6. The van der Waals surface area contributed by atoms with Crippen LogP contribution in [0.2, 0.25) is 0 Å². The van der Waals surface area contributed by atoms with Gasteiger partial charge in [0.1, 0.15) is 0 Å². The molecule has 184 valence electrons. The molecular formula is C26H35FN4O3. The van der Waals surface area contributed by atoms with Gasteiger partial charge in [0.2, 0.25) is 5.91 Å². The molecule has 0 bridgehead atoms. The van der Waals surface area contributed by atoms with Crippen LogP contribution in [0.25, 0.3) is 0 Å². The van der Waals surface area contributed by atoms with Crippen LogP contribution in [-0.4, -0.2) is 53.7 Å². The molecule has 34 heavy (non-hydrogen) atoms. The van der Waals surface area contributed by atoms with Gasteiger partial charge in [-0.2, -0.15) is 4.98 Å². The van der Waals surface area contributed by atoms with Crippen LogP contribution in [0, 0.1) is 23.6 Å². The van der Waals surface area contributed by atoms with Gasteiger partial charge in [-0.05, 0) is 67.6 Å². The Morgan fingerprint density at radius 3 is 2.68 bits per heavy atom. The number of hydrogen-bond acceptors (Lipinski definition) is 6. The number of rotatable bonds is 9. The molecule has 8 heteroatoms. The van der Waals surface area contributed by atoms with Gasteiger partial charge >= 0.3 is 6.01 Å². The molecule has 1 amide bonds. The molecule has 1 aliphatic carbocycles. The van der Waals surface area contributed by atoms with Crippen molar-refractivity contribution in [1.82, 2.24) is 15.0 Å². The molecule has 0 spiro atoms. The van der Waals surface area contributed by atoms with E-state index in [4.69, 9.17) is 9.26 Å². The van der Waals surface area contributed by atoms with Crippen LogP contribution < -0.4 is 9.64 Å². The number of nitrogens with zero attached hydrogens (tertiary/aromatic N) is 4. The van der Waals surface area contributed by atoms with E-state index in [2.05, 4.69) is 28.9 Å². The molecule has 3 heterocycles. The zero-order chi connectivity index (χ0) is 23.7. The van der Waals surface area contributed by atoms with Crippen molar-refractivity contribution in [2.24, 2.45) is 17.8 Å². The third-order valence-corrected chi connectivity index (χ3v) is 7.65. The van der Waals surface area contributed by atoms with E-state index in [1.807, 2.05) is 4.90 Å². The highest BCUT2D eigenvalue weighted by atomic mass is 19.1. The number of anilines is 1. The maximum Gasteiger partial charge on any atom is 0.324 e. The van der Waals surface area contributed by atoms with Crippen LogP contribution in [-0.2, 0) is 11.2 Å². The number of amides is 1. The minimum atomic E-state index is -0.379. The largest absolute Gasteiger partial charge is 0.491 e. The molecule has 3 aliphatic rings. The highest BCUT2D eigenvalue weighted by Crippen LogP contribution is 2.50. The number of ether oxygens (including phenoxy) is 1. The second-order valence-corrected chi connectivity index (χ2v) is 10.4. The Balaban J connectivity index is 1.02. The van der Waals surface area contributed by atoms with E-state index < -0.39 is 0 Å². The SMILES string of the molecule is CC(C)c1noc(N2CCC([C@@H]3C[C@H]3CCOc3ccc(CC(=O)N4CCC4)cc3F)CC2)n1. The van der Waals surface area contributed by atoms with Crippen LogP contribution in [0.5, 0.6) is 5.75 Å². The zero-order valence-corrected chi connectivity index (χ0v) is 20.2. The fraction of sp³-hybridized carbons (Fsp3) is 0.654. The molecule has 0 N–H and O–H groups in total. The quantitative estimate of drug-likeness (QED) is 0.540. The molecule has 2 saturated heterocycles. The zero-order valence-electron chi connectivity index (χ0n) is 20.2.